The molecule has 2 rings (SSSR count). The number of nitrogens with one attached hydrogen (secondary N) is 3. The van der Waals surface area contributed by atoms with Crippen LogP contribution in [0.3, 0.4) is 0 Å². The van der Waals surface area contributed by atoms with Crippen molar-refractivity contribution in [2.45, 2.75) is 19.9 Å². The summed E-state index contributed by atoms with van der Waals surface area (Å²) in [6.45, 7) is 3.74. The molecule has 1 aromatic heterocycles. The van der Waals surface area contributed by atoms with Crippen LogP contribution < -0.4 is 16.0 Å². The van der Waals surface area contributed by atoms with E-state index < -0.39 is 0 Å². The third-order valence-corrected chi connectivity index (χ3v) is 2.58. The maximum Gasteiger partial charge on any atom is 0.320 e. The van der Waals surface area contributed by atoms with Gasteiger partial charge in [-0.1, -0.05) is 12.1 Å². The minimum atomic E-state index is -0.337. The number of anilines is 3. The minimum absolute atomic E-state index is 0.0481. The Labute approximate surface area is 122 Å². The van der Waals surface area contributed by atoms with Gasteiger partial charge in [0.1, 0.15) is 11.6 Å². The number of hydrogen-bond acceptors (Lipinski definition) is 3. The molecule has 0 unspecified atom stereocenters. The van der Waals surface area contributed by atoms with Gasteiger partial charge in [0.15, 0.2) is 0 Å². The standard InChI is InChI=1S/C15H17FN4O/c1-10(2)18-15(21)20-14-8-7-11(9-17-14)19-13-6-4-3-5-12(13)16/h3-10,19H,1-2H3,(H2,17,18,20,21). The Morgan fingerprint density at radius 3 is 2.57 bits per heavy atom. The number of hydrogen-bond donors (Lipinski definition) is 3. The van der Waals surface area contributed by atoms with Gasteiger partial charge in [-0.25, -0.2) is 14.2 Å². The molecule has 0 aliphatic rings. The third-order valence-electron chi connectivity index (χ3n) is 2.58. The molecule has 2 amide bonds. The molecule has 0 fully saturated rings. The molecular formula is C15H17FN4O. The number of para-hydroxylation sites is 1. The Bertz CT molecular complexity index is 613. The Morgan fingerprint density at radius 1 is 1.19 bits per heavy atom. The zero-order chi connectivity index (χ0) is 15.2. The molecule has 0 saturated carbocycles. The number of halogens is 1. The molecule has 0 saturated heterocycles. The Balaban J connectivity index is 1.99. The van der Waals surface area contributed by atoms with Crippen LogP contribution in [0.5, 0.6) is 0 Å². The second-order valence-electron chi connectivity index (χ2n) is 4.79. The molecule has 2 aromatic rings. The van der Waals surface area contributed by atoms with Crippen molar-refractivity contribution >= 4 is 23.2 Å². The van der Waals surface area contributed by atoms with Gasteiger partial charge in [-0.15, -0.1) is 0 Å². The molecule has 0 spiro atoms. The van der Waals surface area contributed by atoms with Gasteiger partial charge < -0.3 is 10.6 Å². The second-order valence-corrected chi connectivity index (χ2v) is 4.79. The Morgan fingerprint density at radius 2 is 1.95 bits per heavy atom. The summed E-state index contributed by atoms with van der Waals surface area (Å²) in [7, 11) is 0. The van der Waals surface area contributed by atoms with Crippen molar-refractivity contribution in [3.05, 3.63) is 48.4 Å². The SMILES string of the molecule is CC(C)NC(=O)Nc1ccc(Nc2ccccc2F)cn1. The number of amides is 2. The molecule has 1 aromatic carbocycles. The molecule has 0 radical (unpaired) electrons. The molecule has 5 nitrogen and oxygen atoms in total. The monoisotopic (exact) mass is 288 g/mol. The lowest BCUT2D eigenvalue weighted by atomic mass is 10.3. The van der Waals surface area contributed by atoms with E-state index in [1.807, 2.05) is 13.8 Å². The van der Waals surface area contributed by atoms with Crippen molar-refractivity contribution in [1.29, 1.82) is 0 Å². The summed E-state index contributed by atoms with van der Waals surface area (Å²) in [5.74, 6) is 0.0863. The van der Waals surface area contributed by atoms with Crippen LogP contribution in [-0.2, 0) is 0 Å². The van der Waals surface area contributed by atoms with Crippen LogP contribution in [0.15, 0.2) is 42.6 Å². The lowest BCUT2D eigenvalue weighted by Crippen LogP contribution is -2.34. The topological polar surface area (TPSA) is 66.1 Å². The Hall–Kier alpha value is -2.63. The van der Waals surface area contributed by atoms with Crippen LogP contribution in [0.2, 0.25) is 0 Å². The number of benzene rings is 1. The number of nitrogens with zero attached hydrogens (tertiary/aromatic N) is 1. The molecule has 1 heterocycles. The van der Waals surface area contributed by atoms with Gasteiger partial charge in [0, 0.05) is 6.04 Å². The van der Waals surface area contributed by atoms with E-state index in [4.69, 9.17) is 0 Å². The van der Waals surface area contributed by atoms with E-state index >= 15 is 0 Å². The zero-order valence-electron chi connectivity index (χ0n) is 11.9. The summed E-state index contributed by atoms with van der Waals surface area (Å²) in [5, 5.41) is 8.23. The van der Waals surface area contributed by atoms with E-state index in [0.717, 1.165) is 0 Å². The fourth-order valence-electron chi connectivity index (χ4n) is 1.67. The first kappa shape index (κ1) is 14.8. The maximum atomic E-state index is 13.5. The van der Waals surface area contributed by atoms with Crippen molar-refractivity contribution in [2.75, 3.05) is 10.6 Å². The lowest BCUT2D eigenvalue weighted by molar-refractivity contribution is 0.250. The highest BCUT2D eigenvalue weighted by molar-refractivity contribution is 5.88. The highest BCUT2D eigenvalue weighted by Gasteiger charge is 2.05. The highest BCUT2D eigenvalue weighted by atomic mass is 19.1. The van der Waals surface area contributed by atoms with Crippen molar-refractivity contribution in [3.63, 3.8) is 0 Å². The predicted octanol–water partition coefficient (Wildman–Crippen LogP) is 3.49. The third kappa shape index (κ3) is 4.45. The smallest absolute Gasteiger partial charge is 0.320 e. The predicted molar refractivity (Wildman–Crippen MR) is 81.2 cm³/mol. The van der Waals surface area contributed by atoms with E-state index in [-0.39, 0.29) is 17.9 Å². The van der Waals surface area contributed by atoms with Crippen LogP contribution in [0.1, 0.15) is 13.8 Å². The van der Waals surface area contributed by atoms with Gasteiger partial charge in [0.05, 0.1) is 17.6 Å². The fourth-order valence-corrected chi connectivity index (χ4v) is 1.67. The molecule has 6 heteroatoms. The summed E-state index contributed by atoms with van der Waals surface area (Å²) in [5.41, 5.74) is 1.01. The number of aromatic nitrogens is 1. The van der Waals surface area contributed by atoms with Crippen LogP contribution in [0.4, 0.5) is 26.4 Å². The molecular weight excluding hydrogens is 271 g/mol. The molecule has 3 N–H and O–H groups in total. The summed E-state index contributed by atoms with van der Waals surface area (Å²) >= 11 is 0. The molecule has 110 valence electrons. The quantitative estimate of drug-likeness (QED) is 0.806. The first-order chi connectivity index (χ1) is 10.0. The number of pyridine rings is 1. The highest BCUT2D eigenvalue weighted by Crippen LogP contribution is 2.19. The fraction of sp³-hybridized carbons (Fsp3) is 0.200. The van der Waals surface area contributed by atoms with E-state index in [1.54, 1.807) is 30.3 Å². The van der Waals surface area contributed by atoms with Crippen molar-refractivity contribution < 1.29 is 9.18 Å². The number of rotatable bonds is 4. The van der Waals surface area contributed by atoms with Crippen molar-refractivity contribution in [2.24, 2.45) is 0 Å². The number of carbonyl (C=O) groups is 1. The Kier molecular flexibility index (Phi) is 4.71. The number of carbonyl (C=O) groups excluding carboxylic acids is 1. The van der Waals surface area contributed by atoms with Gasteiger partial charge in [0.2, 0.25) is 0 Å². The van der Waals surface area contributed by atoms with E-state index in [1.165, 1.54) is 12.3 Å². The normalized spacial score (nSPS) is 10.3. The largest absolute Gasteiger partial charge is 0.352 e. The van der Waals surface area contributed by atoms with Crippen molar-refractivity contribution in [1.82, 2.24) is 10.3 Å². The molecule has 0 aliphatic heterocycles. The summed E-state index contributed by atoms with van der Waals surface area (Å²) in [4.78, 5) is 15.6. The summed E-state index contributed by atoms with van der Waals surface area (Å²) in [6.07, 6.45) is 1.53. The van der Waals surface area contributed by atoms with E-state index in [0.29, 0.717) is 17.2 Å². The van der Waals surface area contributed by atoms with Crippen molar-refractivity contribution in [3.8, 4) is 0 Å². The zero-order valence-corrected chi connectivity index (χ0v) is 11.9. The van der Waals surface area contributed by atoms with E-state index in [9.17, 15) is 9.18 Å². The molecule has 0 aliphatic carbocycles. The minimum Gasteiger partial charge on any atom is -0.352 e. The lowest BCUT2D eigenvalue weighted by Gasteiger charge is -2.10. The van der Waals surface area contributed by atoms with Gasteiger partial charge in [-0.3, -0.25) is 5.32 Å². The first-order valence-corrected chi connectivity index (χ1v) is 6.59. The van der Waals surface area contributed by atoms with Gasteiger partial charge >= 0.3 is 6.03 Å². The molecule has 0 bridgehead atoms. The van der Waals surface area contributed by atoms with Gasteiger partial charge in [-0.2, -0.15) is 0 Å². The van der Waals surface area contributed by atoms with Crippen LogP contribution in [-0.4, -0.2) is 17.1 Å². The summed E-state index contributed by atoms with van der Waals surface area (Å²) < 4.78 is 13.5. The van der Waals surface area contributed by atoms with Crippen LogP contribution >= 0.6 is 0 Å². The average Bonchev–Trinajstić information content (AvgIpc) is 2.42. The second kappa shape index (κ2) is 6.69. The van der Waals surface area contributed by atoms with Gasteiger partial charge in [-0.05, 0) is 38.1 Å². The average molecular weight is 288 g/mol. The molecule has 0 atom stereocenters. The maximum absolute atomic E-state index is 13.5. The van der Waals surface area contributed by atoms with E-state index in [2.05, 4.69) is 20.9 Å². The van der Waals surface area contributed by atoms with Crippen LogP contribution in [0.25, 0.3) is 0 Å². The van der Waals surface area contributed by atoms with Gasteiger partial charge in [0.25, 0.3) is 0 Å². The first-order valence-electron chi connectivity index (χ1n) is 6.59. The number of urea groups is 1. The summed E-state index contributed by atoms with van der Waals surface area (Å²) in [6, 6.07) is 9.47. The molecule has 21 heavy (non-hydrogen) atoms. The van der Waals surface area contributed by atoms with Crippen LogP contribution in [0, 0.1) is 5.82 Å².